The summed E-state index contributed by atoms with van der Waals surface area (Å²) in [7, 11) is 1.35. The van der Waals surface area contributed by atoms with E-state index >= 15 is 0 Å². The van der Waals surface area contributed by atoms with E-state index in [0.29, 0.717) is 5.00 Å². The van der Waals surface area contributed by atoms with Crippen LogP contribution in [-0.4, -0.2) is 46.5 Å². The number of hydrogen-bond donors (Lipinski definition) is 3. The third-order valence-corrected chi connectivity index (χ3v) is 2.11. The van der Waals surface area contributed by atoms with Crippen LogP contribution in [-0.2, 0) is 9.53 Å². The number of hydrogen-bond acceptors (Lipinski definition) is 6. The van der Waals surface area contributed by atoms with Gasteiger partial charge in [0.2, 0.25) is 0 Å². The van der Waals surface area contributed by atoms with Gasteiger partial charge in [0.05, 0.1) is 12.8 Å². The smallest absolute Gasteiger partial charge is 0.328 e. The number of ether oxygens (including phenoxy) is 1. The summed E-state index contributed by atoms with van der Waals surface area (Å²) in [5.74, 6) is -1.17. The molecule has 0 fully saturated rings. The minimum Gasteiger partial charge on any atom is -0.480 e. The number of aliphatic carboxylic acids is 1. The van der Waals surface area contributed by atoms with Gasteiger partial charge in [-0.05, 0) is 0 Å². The predicted octanol–water partition coefficient (Wildman–Crippen LogP) is -0.241. The normalized spacial score (nSPS) is 11.8. The van der Waals surface area contributed by atoms with E-state index in [0.717, 1.165) is 11.5 Å². The summed E-state index contributed by atoms with van der Waals surface area (Å²) in [6.45, 7) is -0.107. The highest BCUT2D eigenvalue weighted by molar-refractivity contribution is 7.10. The molecule has 0 saturated heterocycles. The van der Waals surface area contributed by atoms with Crippen LogP contribution in [0.3, 0.4) is 0 Å². The van der Waals surface area contributed by atoms with Crippen LogP contribution < -0.4 is 10.6 Å². The SMILES string of the molecule is COCC(NC(=O)Nc1cnns1)C(=O)O. The number of aromatic nitrogens is 2. The van der Waals surface area contributed by atoms with Gasteiger partial charge in [0.15, 0.2) is 6.04 Å². The second-order valence-corrected chi connectivity index (χ2v) is 3.51. The van der Waals surface area contributed by atoms with Gasteiger partial charge in [-0.2, -0.15) is 0 Å². The topological polar surface area (TPSA) is 113 Å². The Morgan fingerprint density at radius 1 is 1.69 bits per heavy atom. The molecule has 0 aliphatic heterocycles. The van der Waals surface area contributed by atoms with Crippen LogP contribution in [0.4, 0.5) is 9.80 Å². The molecule has 3 N–H and O–H groups in total. The van der Waals surface area contributed by atoms with Gasteiger partial charge in [-0.3, -0.25) is 5.32 Å². The zero-order chi connectivity index (χ0) is 12.0. The van der Waals surface area contributed by atoms with Crippen molar-refractivity contribution in [1.29, 1.82) is 0 Å². The van der Waals surface area contributed by atoms with Crippen molar-refractivity contribution in [1.82, 2.24) is 14.9 Å². The summed E-state index contributed by atoms with van der Waals surface area (Å²) in [6, 6.07) is -1.73. The van der Waals surface area contributed by atoms with Crippen molar-refractivity contribution < 1.29 is 19.4 Å². The molecule has 1 atom stereocenters. The lowest BCUT2D eigenvalue weighted by Gasteiger charge is -2.13. The first-order valence-electron chi connectivity index (χ1n) is 4.20. The zero-order valence-corrected chi connectivity index (χ0v) is 9.15. The molecule has 1 heterocycles. The van der Waals surface area contributed by atoms with Crippen molar-refractivity contribution in [2.24, 2.45) is 0 Å². The molecule has 9 heteroatoms. The number of nitrogens with zero attached hydrogens (tertiary/aromatic N) is 2. The van der Waals surface area contributed by atoms with Gasteiger partial charge in [-0.1, -0.05) is 4.49 Å². The van der Waals surface area contributed by atoms with E-state index in [1.165, 1.54) is 13.3 Å². The molecule has 0 radical (unpaired) electrons. The van der Waals surface area contributed by atoms with Crippen molar-refractivity contribution in [3.8, 4) is 0 Å². The van der Waals surface area contributed by atoms with Gasteiger partial charge in [0, 0.05) is 18.6 Å². The first-order valence-corrected chi connectivity index (χ1v) is 4.97. The first-order chi connectivity index (χ1) is 7.63. The Balaban J connectivity index is 2.45. The first kappa shape index (κ1) is 12.3. The molecule has 1 aromatic heterocycles. The Morgan fingerprint density at radius 3 is 2.94 bits per heavy atom. The van der Waals surface area contributed by atoms with Crippen LogP contribution in [0.1, 0.15) is 0 Å². The number of carboxylic acids is 1. The van der Waals surface area contributed by atoms with Crippen LogP contribution in [0.15, 0.2) is 6.20 Å². The van der Waals surface area contributed by atoms with E-state index in [4.69, 9.17) is 5.11 Å². The quantitative estimate of drug-likeness (QED) is 0.660. The molecule has 0 aliphatic rings. The average molecular weight is 246 g/mol. The summed E-state index contributed by atoms with van der Waals surface area (Å²) in [4.78, 5) is 22.0. The molecule has 16 heavy (non-hydrogen) atoms. The summed E-state index contributed by atoms with van der Waals surface area (Å²) in [5, 5.41) is 17.3. The summed E-state index contributed by atoms with van der Waals surface area (Å²) >= 11 is 0.988. The van der Waals surface area contributed by atoms with Crippen LogP contribution in [0.5, 0.6) is 0 Å². The number of rotatable bonds is 5. The minimum atomic E-state index is -1.17. The van der Waals surface area contributed by atoms with Gasteiger partial charge in [0.25, 0.3) is 0 Å². The molecule has 0 bridgehead atoms. The second-order valence-electron chi connectivity index (χ2n) is 2.73. The van der Waals surface area contributed by atoms with Crippen LogP contribution in [0, 0.1) is 0 Å². The van der Waals surface area contributed by atoms with E-state index in [1.807, 2.05) is 0 Å². The van der Waals surface area contributed by atoms with Crippen LogP contribution in [0.2, 0.25) is 0 Å². The molecule has 88 valence electrons. The fraction of sp³-hybridized carbons (Fsp3) is 0.429. The summed E-state index contributed by atoms with van der Waals surface area (Å²) in [6.07, 6.45) is 1.36. The summed E-state index contributed by atoms with van der Waals surface area (Å²) in [5.41, 5.74) is 0. The molecule has 2 amide bonds. The average Bonchev–Trinajstić information content (AvgIpc) is 2.69. The molecular formula is C7H10N4O4S. The maximum Gasteiger partial charge on any atom is 0.328 e. The Hall–Kier alpha value is -1.74. The van der Waals surface area contributed by atoms with E-state index in [-0.39, 0.29) is 6.61 Å². The van der Waals surface area contributed by atoms with Crippen molar-refractivity contribution >= 4 is 28.5 Å². The van der Waals surface area contributed by atoms with Crippen molar-refractivity contribution in [3.63, 3.8) is 0 Å². The molecule has 1 aromatic rings. The Labute approximate surface area is 94.8 Å². The lowest BCUT2D eigenvalue weighted by Crippen LogP contribution is -2.45. The zero-order valence-electron chi connectivity index (χ0n) is 8.34. The number of methoxy groups -OCH3 is 1. The Kier molecular flexibility index (Phi) is 4.61. The maximum absolute atomic E-state index is 11.3. The number of urea groups is 1. The van der Waals surface area contributed by atoms with Crippen molar-refractivity contribution in [2.75, 3.05) is 19.0 Å². The molecule has 0 saturated carbocycles. The molecule has 8 nitrogen and oxygen atoms in total. The standard InChI is InChI=1S/C7H10N4O4S/c1-15-3-4(6(12)13)9-7(14)10-5-2-8-11-16-5/h2,4H,3H2,1H3,(H,12,13)(H2,9,10,14). The van der Waals surface area contributed by atoms with Crippen molar-refractivity contribution in [2.45, 2.75) is 6.04 Å². The van der Waals surface area contributed by atoms with Gasteiger partial charge in [-0.15, -0.1) is 5.10 Å². The second kappa shape index (κ2) is 5.98. The van der Waals surface area contributed by atoms with E-state index in [9.17, 15) is 9.59 Å². The molecule has 1 unspecified atom stereocenters. The van der Waals surface area contributed by atoms with Gasteiger partial charge < -0.3 is 15.2 Å². The Bertz CT molecular complexity index is 355. The van der Waals surface area contributed by atoms with E-state index < -0.39 is 18.0 Å². The molecule has 0 aromatic carbocycles. The number of carbonyl (C=O) groups is 2. The highest BCUT2D eigenvalue weighted by atomic mass is 32.1. The van der Waals surface area contributed by atoms with Gasteiger partial charge >= 0.3 is 12.0 Å². The van der Waals surface area contributed by atoms with Crippen LogP contribution in [0.25, 0.3) is 0 Å². The highest BCUT2D eigenvalue weighted by Gasteiger charge is 2.19. The highest BCUT2D eigenvalue weighted by Crippen LogP contribution is 2.08. The third kappa shape index (κ3) is 3.79. The van der Waals surface area contributed by atoms with E-state index in [2.05, 4.69) is 25.0 Å². The van der Waals surface area contributed by atoms with E-state index in [1.54, 1.807) is 0 Å². The lowest BCUT2D eigenvalue weighted by molar-refractivity contribution is -0.140. The summed E-state index contributed by atoms with van der Waals surface area (Å²) < 4.78 is 8.19. The number of nitrogens with one attached hydrogen (secondary N) is 2. The monoisotopic (exact) mass is 246 g/mol. The maximum atomic E-state index is 11.3. The number of amides is 2. The number of anilines is 1. The fourth-order valence-electron chi connectivity index (χ4n) is 0.870. The molecule has 1 rings (SSSR count). The third-order valence-electron chi connectivity index (χ3n) is 1.53. The Morgan fingerprint density at radius 2 is 2.44 bits per heavy atom. The fourth-order valence-corrected chi connectivity index (χ4v) is 1.28. The molecule has 0 spiro atoms. The largest absolute Gasteiger partial charge is 0.480 e. The van der Waals surface area contributed by atoms with Gasteiger partial charge in [0.1, 0.15) is 5.00 Å². The molecule has 0 aliphatic carbocycles. The predicted molar refractivity (Wildman–Crippen MR) is 55.4 cm³/mol. The van der Waals surface area contributed by atoms with Crippen LogP contribution >= 0.6 is 11.5 Å². The van der Waals surface area contributed by atoms with Crippen molar-refractivity contribution in [3.05, 3.63) is 6.20 Å². The van der Waals surface area contributed by atoms with Gasteiger partial charge in [-0.25, -0.2) is 9.59 Å². The molecular weight excluding hydrogens is 236 g/mol. The number of carbonyl (C=O) groups excluding carboxylic acids is 1. The number of carboxylic acid groups (broad SMARTS) is 1. The minimum absolute atomic E-state index is 0.107. The lowest BCUT2D eigenvalue weighted by atomic mass is 10.3.